The zero-order valence-corrected chi connectivity index (χ0v) is 10.8. The minimum absolute atomic E-state index is 1.03. The van der Waals surface area contributed by atoms with Crippen molar-refractivity contribution >= 4 is 31.1 Å². The van der Waals surface area contributed by atoms with Gasteiger partial charge in [-0.05, 0) is 23.5 Å². The Bertz CT molecular complexity index is 487. The maximum absolute atomic E-state index is 2.16. The fourth-order valence-corrected chi connectivity index (χ4v) is 3.88. The van der Waals surface area contributed by atoms with E-state index in [9.17, 15) is 0 Å². The molecule has 7 heteroatoms. The van der Waals surface area contributed by atoms with Crippen molar-refractivity contribution in [3.63, 3.8) is 0 Å². The van der Waals surface area contributed by atoms with Gasteiger partial charge in [0.2, 0.25) is 7.55 Å². The molecule has 2 aromatic rings. The molecule has 0 fully saturated rings. The maximum atomic E-state index is 2.16. The van der Waals surface area contributed by atoms with E-state index in [0.29, 0.717) is 0 Å². The minimum atomic E-state index is 1.03. The molecule has 0 aliphatic carbocycles. The van der Waals surface area contributed by atoms with E-state index in [4.69, 9.17) is 0 Å². The first-order valence-electron chi connectivity index (χ1n) is 4.99. The molecule has 0 amide bonds. The van der Waals surface area contributed by atoms with Gasteiger partial charge in [-0.2, -0.15) is 0 Å². The summed E-state index contributed by atoms with van der Waals surface area (Å²) < 4.78 is 8.62. The van der Waals surface area contributed by atoms with Crippen LogP contribution in [0.15, 0.2) is 35.1 Å². The van der Waals surface area contributed by atoms with Gasteiger partial charge in [0.1, 0.15) is 12.4 Å². The topological polar surface area (TPSA) is 17.6 Å². The first-order chi connectivity index (χ1) is 7.75. The second-order valence-corrected chi connectivity index (χ2v) is 5.97. The van der Waals surface area contributed by atoms with Gasteiger partial charge < -0.3 is 8.96 Å². The molecule has 0 unspecified atom stereocenters. The van der Waals surface area contributed by atoms with E-state index in [1.165, 1.54) is 10.3 Å². The lowest BCUT2D eigenvalue weighted by Gasteiger charge is -2.15. The predicted molar refractivity (Wildman–Crippen MR) is 64.3 cm³/mol. The summed E-state index contributed by atoms with van der Waals surface area (Å²) in [6.45, 7) is 0. The largest absolute Gasteiger partial charge is 0.429 e. The van der Waals surface area contributed by atoms with Crippen molar-refractivity contribution in [2.75, 3.05) is 5.08 Å². The molecule has 1 aliphatic rings. The molecule has 82 valence electrons. The molecule has 16 heavy (non-hydrogen) atoms. The molecule has 0 saturated heterocycles. The highest BCUT2D eigenvalue weighted by Crippen LogP contribution is 2.24. The molecule has 3 heterocycles. The Balaban J connectivity index is 2.07. The van der Waals surface area contributed by atoms with Gasteiger partial charge in [-0.3, -0.25) is 0 Å². The van der Waals surface area contributed by atoms with Crippen LogP contribution in [0.5, 0.6) is 0 Å². The molecule has 0 N–H and O–H groups in total. The van der Waals surface area contributed by atoms with E-state index in [1.54, 1.807) is 0 Å². The van der Waals surface area contributed by atoms with Crippen LogP contribution in [0.3, 0.4) is 0 Å². The second-order valence-electron chi connectivity index (χ2n) is 3.72. The molecule has 3 rings (SSSR count). The van der Waals surface area contributed by atoms with Crippen LogP contribution in [-0.4, -0.2) is 21.8 Å². The number of thioether (sulfide) groups is 2. The van der Waals surface area contributed by atoms with Crippen LogP contribution in [0, 0.1) is 0 Å². The summed E-state index contributed by atoms with van der Waals surface area (Å²) in [5.74, 6) is 0. The molecule has 4 nitrogen and oxygen atoms in total. The monoisotopic (exact) mass is 251 g/mol. The van der Waals surface area contributed by atoms with Crippen molar-refractivity contribution in [1.82, 2.24) is 9.13 Å². The van der Waals surface area contributed by atoms with Gasteiger partial charge in [-0.15, -0.1) is 0 Å². The molecule has 2 aromatic heterocycles. The summed E-state index contributed by atoms with van der Waals surface area (Å²) >= 11 is 3.73. The van der Waals surface area contributed by atoms with Crippen LogP contribution in [0.1, 0.15) is 0 Å². The molecule has 2 radical (unpaired) electrons. The third kappa shape index (κ3) is 1.58. The quantitative estimate of drug-likeness (QED) is 0.614. The normalized spacial score (nSPS) is 15.1. The molecular formula is C9H12BN4S2+. The van der Waals surface area contributed by atoms with Crippen molar-refractivity contribution in [3.8, 4) is 0 Å². The van der Waals surface area contributed by atoms with E-state index in [0.717, 1.165) is 5.08 Å². The zero-order chi connectivity index (χ0) is 11.1. The Morgan fingerprint density at radius 3 is 2.06 bits per heavy atom. The Kier molecular flexibility index (Phi) is 2.51. The fourth-order valence-electron chi connectivity index (χ4n) is 1.76. The van der Waals surface area contributed by atoms with Gasteiger partial charge in [0, 0.05) is 0 Å². The Morgan fingerprint density at radius 1 is 1.06 bits per heavy atom. The van der Waals surface area contributed by atoms with Crippen molar-refractivity contribution in [1.29, 1.82) is 0 Å². The van der Waals surface area contributed by atoms with Crippen molar-refractivity contribution < 1.29 is 8.96 Å². The summed E-state index contributed by atoms with van der Waals surface area (Å²) in [5, 5.41) is 3.55. The number of aromatic nitrogens is 4. The summed E-state index contributed by atoms with van der Waals surface area (Å²) in [4.78, 5) is 0. The Labute approximate surface area is 104 Å². The average Bonchev–Trinajstić information content (AvgIpc) is 2.72. The number of hydrogen-bond donors (Lipinski definition) is 0. The molecule has 1 aliphatic heterocycles. The fraction of sp³-hybridized carbons (Fsp3) is 0.333. The lowest BCUT2D eigenvalue weighted by Crippen LogP contribution is -2.60. The summed E-state index contributed by atoms with van der Waals surface area (Å²) in [6, 6.07) is 0. The predicted octanol–water partition coefficient (Wildman–Crippen LogP) is 0.0245. The molecule has 0 saturated carbocycles. The summed E-state index contributed by atoms with van der Waals surface area (Å²) in [6.07, 6.45) is 8.33. The van der Waals surface area contributed by atoms with Crippen molar-refractivity contribution in [2.45, 2.75) is 10.3 Å². The van der Waals surface area contributed by atoms with Gasteiger partial charge in [-0.1, -0.05) is 0 Å². The van der Waals surface area contributed by atoms with Gasteiger partial charge >= 0.3 is 0 Å². The highest BCUT2D eigenvalue weighted by atomic mass is 32.2. The number of imidazole rings is 2. The smallest absolute Gasteiger partial charge is 0.270 e. The van der Waals surface area contributed by atoms with E-state index in [-0.39, 0.29) is 0 Å². The maximum Gasteiger partial charge on any atom is 0.270 e. The van der Waals surface area contributed by atoms with Crippen LogP contribution in [0.2, 0.25) is 0 Å². The first kappa shape index (κ1) is 10.3. The molecule has 0 bridgehead atoms. The van der Waals surface area contributed by atoms with Crippen LogP contribution in [-0.2, 0) is 14.1 Å². The van der Waals surface area contributed by atoms with Gasteiger partial charge in [0.25, 0.3) is 10.3 Å². The SMILES string of the molecule is Cn1cc[n+]2c1SCSc1n(C)cc[n+]1[B-]2. The van der Waals surface area contributed by atoms with Crippen molar-refractivity contribution in [2.24, 2.45) is 14.1 Å². The van der Waals surface area contributed by atoms with Gasteiger partial charge in [0.15, 0.2) is 0 Å². The lowest BCUT2D eigenvalue weighted by atomic mass is 10.2. The Hall–Kier alpha value is -0.815. The molecule has 0 atom stereocenters. The number of fused-ring (bicyclic) bond motifs is 2. The second kappa shape index (κ2) is 3.89. The highest BCUT2D eigenvalue weighted by Gasteiger charge is 2.19. The first-order valence-corrected chi connectivity index (χ1v) is 6.96. The standard InChI is InChI=1S/C9H12BN4S2/c1-11-3-5-13-8(11)15-7-16-9-12(2)4-6-14(9)10-13/h3-6H,7H2,1-2H3/q+1. The third-order valence-corrected chi connectivity index (χ3v) is 5.03. The molecule has 0 spiro atoms. The van der Waals surface area contributed by atoms with Crippen LogP contribution in [0.25, 0.3) is 0 Å². The van der Waals surface area contributed by atoms with E-state index >= 15 is 0 Å². The Morgan fingerprint density at radius 2 is 1.56 bits per heavy atom. The average molecular weight is 251 g/mol. The van der Waals surface area contributed by atoms with Crippen LogP contribution >= 0.6 is 23.5 Å². The summed E-state index contributed by atoms with van der Waals surface area (Å²) in [5.41, 5.74) is 0. The van der Waals surface area contributed by atoms with E-state index < -0.39 is 0 Å². The van der Waals surface area contributed by atoms with E-state index in [1.807, 2.05) is 23.5 Å². The molecular weight excluding hydrogens is 239 g/mol. The van der Waals surface area contributed by atoms with Gasteiger partial charge in [-0.25, -0.2) is 9.13 Å². The van der Waals surface area contributed by atoms with Crippen molar-refractivity contribution in [3.05, 3.63) is 24.8 Å². The minimum Gasteiger partial charge on any atom is -0.429 e. The van der Waals surface area contributed by atoms with Crippen LogP contribution in [0.4, 0.5) is 0 Å². The number of rotatable bonds is 0. The van der Waals surface area contributed by atoms with E-state index in [2.05, 4.69) is 64.5 Å². The highest BCUT2D eigenvalue weighted by molar-refractivity contribution is 8.15. The van der Waals surface area contributed by atoms with Gasteiger partial charge in [0.05, 0.1) is 31.6 Å². The number of nitrogens with zero attached hydrogens (tertiary/aromatic N) is 4. The number of hydrogen-bond acceptors (Lipinski definition) is 2. The zero-order valence-electron chi connectivity index (χ0n) is 9.20. The van der Waals surface area contributed by atoms with Crippen LogP contribution < -0.4 is 8.96 Å². The molecule has 0 aromatic carbocycles. The third-order valence-electron chi connectivity index (χ3n) is 2.57. The summed E-state index contributed by atoms with van der Waals surface area (Å²) in [7, 11) is 6.27. The number of aryl methyl sites for hydroxylation is 2. The lowest BCUT2D eigenvalue weighted by molar-refractivity contribution is -0.699.